The quantitative estimate of drug-likeness (QED) is 0.514. The molecule has 0 atom stereocenters. The highest BCUT2D eigenvalue weighted by atomic mass is 35.5. The Hall–Kier alpha value is -1.91. The van der Waals surface area contributed by atoms with Crippen LogP contribution in [0.3, 0.4) is 0 Å². The highest BCUT2D eigenvalue weighted by Crippen LogP contribution is 2.14. The number of benzene rings is 2. The molecule has 5 heteroatoms. The summed E-state index contributed by atoms with van der Waals surface area (Å²) in [4.78, 5) is 0. The summed E-state index contributed by atoms with van der Waals surface area (Å²) in [6.07, 6.45) is 1.70. The molecule has 0 aromatic heterocycles. The maximum Gasteiger partial charge on any atom is 0.191 e. The molecule has 2 aromatic carbocycles. The fourth-order valence-corrected chi connectivity index (χ4v) is 1.79. The molecule has 2 N–H and O–H groups in total. The monoisotopic (exact) mass is 289 g/mol. The molecule has 0 spiro atoms. The molecule has 0 aliphatic rings. The van der Waals surface area contributed by atoms with E-state index < -0.39 is 0 Å². The van der Waals surface area contributed by atoms with Gasteiger partial charge in [-0.1, -0.05) is 48.0 Å². The van der Waals surface area contributed by atoms with E-state index in [-0.39, 0.29) is 0 Å². The van der Waals surface area contributed by atoms with Crippen LogP contribution in [0.1, 0.15) is 5.56 Å². The Bertz CT molecular complexity index is 584. The minimum Gasteiger partial charge on any atom is -0.331 e. The van der Waals surface area contributed by atoms with Crippen molar-refractivity contribution in [1.29, 1.82) is 0 Å². The molecule has 2 aromatic rings. The Balaban J connectivity index is 1.87. The van der Waals surface area contributed by atoms with Gasteiger partial charge in [0.25, 0.3) is 0 Å². The third-order valence-corrected chi connectivity index (χ3v) is 2.69. The van der Waals surface area contributed by atoms with Crippen molar-refractivity contribution < 1.29 is 0 Å². The van der Waals surface area contributed by atoms with Gasteiger partial charge in [0.05, 0.1) is 6.21 Å². The van der Waals surface area contributed by atoms with E-state index in [4.69, 9.17) is 23.8 Å². The van der Waals surface area contributed by atoms with E-state index in [0.717, 1.165) is 11.3 Å². The van der Waals surface area contributed by atoms with E-state index >= 15 is 0 Å². The van der Waals surface area contributed by atoms with Gasteiger partial charge in [-0.2, -0.15) is 5.10 Å². The van der Waals surface area contributed by atoms with Crippen molar-refractivity contribution in [3.63, 3.8) is 0 Å². The van der Waals surface area contributed by atoms with Crippen LogP contribution in [0.4, 0.5) is 5.69 Å². The van der Waals surface area contributed by atoms with Crippen molar-refractivity contribution in [2.75, 3.05) is 5.32 Å². The van der Waals surface area contributed by atoms with Crippen molar-refractivity contribution in [1.82, 2.24) is 5.43 Å². The second-order valence-corrected chi connectivity index (χ2v) is 4.59. The summed E-state index contributed by atoms with van der Waals surface area (Å²) < 4.78 is 0. The fourth-order valence-electron chi connectivity index (χ4n) is 1.43. The van der Waals surface area contributed by atoms with E-state index in [1.165, 1.54) is 0 Å². The van der Waals surface area contributed by atoms with Crippen LogP contribution < -0.4 is 10.7 Å². The SMILES string of the molecule is S=C(N/N=C/c1ccccc1)Nc1cccc(Cl)c1. The molecular weight excluding hydrogens is 278 g/mol. The van der Waals surface area contributed by atoms with Gasteiger partial charge in [0.1, 0.15) is 0 Å². The van der Waals surface area contributed by atoms with Crippen LogP contribution in [0.15, 0.2) is 59.7 Å². The van der Waals surface area contributed by atoms with Gasteiger partial charge in [-0.25, -0.2) is 0 Å². The first-order valence-corrected chi connectivity index (χ1v) is 6.43. The van der Waals surface area contributed by atoms with Gasteiger partial charge in [0.2, 0.25) is 0 Å². The summed E-state index contributed by atoms with van der Waals surface area (Å²) in [6.45, 7) is 0. The number of halogens is 1. The smallest absolute Gasteiger partial charge is 0.191 e. The number of hydrazone groups is 1. The fraction of sp³-hybridized carbons (Fsp3) is 0. The first-order valence-electron chi connectivity index (χ1n) is 5.65. The molecule has 0 saturated heterocycles. The largest absolute Gasteiger partial charge is 0.331 e. The summed E-state index contributed by atoms with van der Waals surface area (Å²) in [7, 11) is 0. The maximum absolute atomic E-state index is 5.88. The van der Waals surface area contributed by atoms with Crippen LogP contribution in [0.5, 0.6) is 0 Å². The molecule has 0 unspecified atom stereocenters. The summed E-state index contributed by atoms with van der Waals surface area (Å²) in [6, 6.07) is 17.1. The normalized spacial score (nSPS) is 10.4. The van der Waals surface area contributed by atoms with Crippen LogP contribution >= 0.6 is 23.8 Å². The lowest BCUT2D eigenvalue weighted by atomic mass is 10.2. The van der Waals surface area contributed by atoms with E-state index in [2.05, 4.69) is 15.8 Å². The zero-order valence-electron chi connectivity index (χ0n) is 10.0. The van der Waals surface area contributed by atoms with Crippen molar-refractivity contribution in [2.24, 2.45) is 5.10 Å². The van der Waals surface area contributed by atoms with Gasteiger partial charge in [0, 0.05) is 10.7 Å². The molecule has 3 nitrogen and oxygen atoms in total. The van der Waals surface area contributed by atoms with Crippen molar-refractivity contribution in [3.8, 4) is 0 Å². The van der Waals surface area contributed by atoms with E-state index in [1.807, 2.05) is 42.5 Å². The van der Waals surface area contributed by atoms with Crippen molar-refractivity contribution in [2.45, 2.75) is 0 Å². The lowest BCUT2D eigenvalue weighted by molar-refractivity contribution is 1.05. The van der Waals surface area contributed by atoms with Crippen LogP contribution in [-0.4, -0.2) is 11.3 Å². The number of nitrogens with zero attached hydrogens (tertiary/aromatic N) is 1. The first kappa shape index (κ1) is 13.5. The lowest BCUT2D eigenvalue weighted by Crippen LogP contribution is -2.23. The standard InChI is InChI=1S/C14H12ClN3S/c15-12-7-4-8-13(9-12)17-14(19)18-16-10-11-5-2-1-3-6-11/h1-10H,(H2,17,18,19)/b16-10+. The third kappa shape index (κ3) is 4.69. The van der Waals surface area contributed by atoms with Crippen LogP contribution in [0.2, 0.25) is 5.02 Å². The van der Waals surface area contributed by atoms with E-state index in [9.17, 15) is 0 Å². The zero-order valence-corrected chi connectivity index (χ0v) is 11.6. The van der Waals surface area contributed by atoms with Gasteiger partial charge in [-0.15, -0.1) is 0 Å². The molecule has 0 aliphatic carbocycles. The highest BCUT2D eigenvalue weighted by molar-refractivity contribution is 7.80. The van der Waals surface area contributed by atoms with Gasteiger partial charge >= 0.3 is 0 Å². The van der Waals surface area contributed by atoms with Crippen molar-refractivity contribution in [3.05, 3.63) is 65.2 Å². The predicted octanol–water partition coefficient (Wildman–Crippen LogP) is 3.66. The van der Waals surface area contributed by atoms with Gasteiger partial charge < -0.3 is 5.32 Å². The Labute approximate surface area is 122 Å². The summed E-state index contributed by atoms with van der Waals surface area (Å²) >= 11 is 11.0. The topological polar surface area (TPSA) is 36.4 Å². The van der Waals surface area contributed by atoms with E-state index in [0.29, 0.717) is 10.1 Å². The van der Waals surface area contributed by atoms with Crippen LogP contribution in [0, 0.1) is 0 Å². The Kier molecular flexibility index (Phi) is 4.89. The number of nitrogens with one attached hydrogen (secondary N) is 2. The molecule has 0 amide bonds. The molecule has 19 heavy (non-hydrogen) atoms. The summed E-state index contributed by atoms with van der Waals surface area (Å²) in [5.41, 5.74) is 4.57. The Morgan fingerprint density at radius 3 is 2.63 bits per heavy atom. The first-order chi connectivity index (χ1) is 9.24. The van der Waals surface area contributed by atoms with Gasteiger partial charge in [-0.05, 0) is 36.0 Å². The molecule has 0 radical (unpaired) electrons. The number of thiocarbonyl (C=S) groups is 1. The summed E-state index contributed by atoms with van der Waals surface area (Å²) in [5.74, 6) is 0. The third-order valence-electron chi connectivity index (χ3n) is 2.26. The zero-order chi connectivity index (χ0) is 13.5. The summed E-state index contributed by atoms with van der Waals surface area (Å²) in [5, 5.41) is 8.10. The average Bonchev–Trinajstić information content (AvgIpc) is 2.40. The van der Waals surface area contributed by atoms with Gasteiger partial charge in [-0.3, -0.25) is 5.43 Å². The molecule has 0 bridgehead atoms. The van der Waals surface area contributed by atoms with Crippen LogP contribution in [0.25, 0.3) is 0 Å². The predicted molar refractivity (Wildman–Crippen MR) is 84.8 cm³/mol. The Morgan fingerprint density at radius 1 is 1.11 bits per heavy atom. The molecule has 0 heterocycles. The second kappa shape index (κ2) is 6.87. The number of hydrogen-bond donors (Lipinski definition) is 2. The molecular formula is C14H12ClN3S. The molecule has 0 saturated carbocycles. The van der Waals surface area contributed by atoms with Crippen molar-refractivity contribution >= 4 is 40.8 Å². The lowest BCUT2D eigenvalue weighted by Gasteiger charge is -2.06. The second-order valence-electron chi connectivity index (χ2n) is 3.75. The minimum absolute atomic E-state index is 0.412. The molecule has 96 valence electrons. The Morgan fingerprint density at radius 2 is 1.89 bits per heavy atom. The number of anilines is 1. The highest BCUT2D eigenvalue weighted by Gasteiger charge is 1.96. The average molecular weight is 290 g/mol. The molecule has 0 aliphatic heterocycles. The maximum atomic E-state index is 5.88. The van der Waals surface area contributed by atoms with E-state index in [1.54, 1.807) is 18.3 Å². The minimum atomic E-state index is 0.412. The number of rotatable bonds is 3. The molecule has 0 fully saturated rings. The molecule has 2 rings (SSSR count). The van der Waals surface area contributed by atoms with Crippen LogP contribution in [-0.2, 0) is 0 Å². The number of hydrogen-bond acceptors (Lipinski definition) is 2. The van der Waals surface area contributed by atoms with Gasteiger partial charge in [0.15, 0.2) is 5.11 Å².